The van der Waals surface area contributed by atoms with Gasteiger partial charge in [-0.1, -0.05) is 35.9 Å². The Kier molecular flexibility index (Phi) is 11.3. The predicted octanol–water partition coefficient (Wildman–Crippen LogP) is 6.97. The number of ether oxygens (including phenoxy) is 1. The first-order valence-electron chi connectivity index (χ1n) is 12.9. The SMILES string of the molecule is COP(=O)(OC)OCCC(CC(=O)c1ccc(OC(C)C)c(Cl)c1)Cc1ccc(-c2cn(C)c(C(C)=O)n2)cc1. The molecular weight excluding hydrogens is 555 g/mol. The van der Waals surface area contributed by atoms with Gasteiger partial charge >= 0.3 is 7.82 Å². The summed E-state index contributed by atoms with van der Waals surface area (Å²) in [5.41, 5.74) is 3.07. The zero-order valence-electron chi connectivity index (χ0n) is 23.7. The number of Topliss-reactive ketones (excluding diaryl/α,β-unsaturated/α-hetero) is 2. The number of hydrogen-bond acceptors (Lipinski definition) is 8. The lowest BCUT2D eigenvalue weighted by atomic mass is 9.89. The predicted molar refractivity (Wildman–Crippen MR) is 154 cm³/mol. The molecule has 0 aliphatic heterocycles. The number of carbonyl (C=O) groups excluding carboxylic acids is 2. The second kappa shape index (κ2) is 14.2. The molecule has 0 N–H and O–H groups in total. The van der Waals surface area contributed by atoms with Gasteiger partial charge in [0.2, 0.25) is 0 Å². The third kappa shape index (κ3) is 8.59. The van der Waals surface area contributed by atoms with Gasteiger partial charge in [-0.2, -0.15) is 0 Å². The molecule has 3 aromatic rings. The van der Waals surface area contributed by atoms with Crippen LogP contribution in [0.1, 0.15) is 60.2 Å². The minimum atomic E-state index is -3.64. The molecule has 0 aliphatic rings. The average Bonchev–Trinajstić information content (AvgIpc) is 3.31. The summed E-state index contributed by atoms with van der Waals surface area (Å²) in [7, 11) is 0.660. The lowest BCUT2D eigenvalue weighted by Crippen LogP contribution is -2.14. The minimum absolute atomic E-state index is 0.0427. The maximum atomic E-state index is 13.2. The van der Waals surface area contributed by atoms with E-state index in [1.54, 1.807) is 29.8 Å². The van der Waals surface area contributed by atoms with E-state index in [0.29, 0.717) is 40.7 Å². The first-order chi connectivity index (χ1) is 18.9. The van der Waals surface area contributed by atoms with Crippen LogP contribution in [0.5, 0.6) is 5.75 Å². The zero-order valence-corrected chi connectivity index (χ0v) is 25.3. The highest BCUT2D eigenvalue weighted by atomic mass is 35.5. The van der Waals surface area contributed by atoms with Gasteiger partial charge in [0, 0.05) is 51.9 Å². The summed E-state index contributed by atoms with van der Waals surface area (Å²) < 4.78 is 34.8. The number of aromatic nitrogens is 2. The molecule has 0 saturated carbocycles. The molecule has 2 aromatic carbocycles. The summed E-state index contributed by atoms with van der Waals surface area (Å²) in [6.07, 6.45) is 3.01. The van der Waals surface area contributed by atoms with Crippen molar-refractivity contribution in [2.45, 2.75) is 46.1 Å². The number of halogens is 1. The van der Waals surface area contributed by atoms with E-state index in [4.69, 9.17) is 29.9 Å². The monoisotopic (exact) mass is 590 g/mol. The molecule has 1 heterocycles. The van der Waals surface area contributed by atoms with Crippen LogP contribution in [0.2, 0.25) is 5.02 Å². The van der Waals surface area contributed by atoms with E-state index in [2.05, 4.69) is 4.98 Å². The summed E-state index contributed by atoms with van der Waals surface area (Å²) in [5, 5.41) is 0.374. The van der Waals surface area contributed by atoms with Gasteiger partial charge in [-0.25, -0.2) is 9.55 Å². The first kappa shape index (κ1) is 31.7. The smallest absolute Gasteiger partial charge is 0.474 e. The Morgan fingerprint density at radius 2 is 1.75 bits per heavy atom. The third-order valence-corrected chi connectivity index (χ3v) is 7.97. The third-order valence-electron chi connectivity index (χ3n) is 6.28. The molecule has 1 atom stereocenters. The second-order valence-electron chi connectivity index (χ2n) is 9.76. The van der Waals surface area contributed by atoms with Crippen LogP contribution in [-0.4, -0.2) is 48.0 Å². The van der Waals surface area contributed by atoms with Crippen molar-refractivity contribution in [3.05, 3.63) is 70.6 Å². The number of imidazole rings is 1. The number of nitrogens with zero attached hydrogens (tertiary/aromatic N) is 2. The van der Waals surface area contributed by atoms with E-state index < -0.39 is 7.82 Å². The Bertz CT molecular complexity index is 1360. The molecule has 216 valence electrons. The summed E-state index contributed by atoms with van der Waals surface area (Å²) in [4.78, 5) is 29.5. The fourth-order valence-electron chi connectivity index (χ4n) is 4.27. The Morgan fingerprint density at radius 3 is 2.30 bits per heavy atom. The highest BCUT2D eigenvalue weighted by molar-refractivity contribution is 7.48. The Balaban J connectivity index is 1.76. The van der Waals surface area contributed by atoms with E-state index in [-0.39, 0.29) is 36.6 Å². The Morgan fingerprint density at radius 1 is 1.07 bits per heavy atom. The first-order valence-corrected chi connectivity index (χ1v) is 14.8. The zero-order chi connectivity index (χ0) is 29.4. The standard InChI is InChI=1S/C29H36ClN2O7P/c1-19(2)39-28-12-11-24(17-25(28)30)27(34)16-22(13-14-38-40(35,36-5)37-6)15-21-7-9-23(10-8-21)26-18-32(4)29(31-26)20(3)33/h7-12,17-19,22H,13-16H2,1-6H3. The van der Waals surface area contributed by atoms with E-state index in [1.807, 2.05) is 44.3 Å². The summed E-state index contributed by atoms with van der Waals surface area (Å²) in [6, 6.07) is 12.9. The van der Waals surface area contributed by atoms with Gasteiger partial charge in [-0.3, -0.25) is 23.2 Å². The Hall–Kier alpha value is -2.81. The maximum Gasteiger partial charge on any atom is 0.474 e. The minimum Gasteiger partial charge on any atom is -0.489 e. The molecule has 0 bridgehead atoms. The molecule has 0 aliphatic carbocycles. The number of hydrogen-bond donors (Lipinski definition) is 0. The van der Waals surface area contributed by atoms with Gasteiger partial charge < -0.3 is 9.30 Å². The van der Waals surface area contributed by atoms with Crippen LogP contribution in [0.25, 0.3) is 11.3 Å². The number of rotatable bonds is 15. The van der Waals surface area contributed by atoms with E-state index in [0.717, 1.165) is 11.1 Å². The van der Waals surface area contributed by atoms with Crippen LogP contribution < -0.4 is 4.74 Å². The second-order valence-corrected chi connectivity index (χ2v) is 12.0. The van der Waals surface area contributed by atoms with Crippen LogP contribution >= 0.6 is 19.4 Å². The van der Waals surface area contributed by atoms with Crippen molar-refractivity contribution >= 4 is 31.0 Å². The summed E-state index contributed by atoms with van der Waals surface area (Å²) in [5.74, 6) is 0.606. The topological polar surface area (TPSA) is 106 Å². The summed E-state index contributed by atoms with van der Waals surface area (Å²) >= 11 is 6.36. The van der Waals surface area contributed by atoms with Crippen molar-refractivity contribution in [1.82, 2.24) is 9.55 Å². The van der Waals surface area contributed by atoms with Crippen molar-refractivity contribution in [2.24, 2.45) is 13.0 Å². The number of benzene rings is 2. The molecule has 0 saturated heterocycles. The molecule has 1 aromatic heterocycles. The van der Waals surface area contributed by atoms with E-state index in [9.17, 15) is 14.2 Å². The van der Waals surface area contributed by atoms with Crippen LogP contribution in [0.4, 0.5) is 0 Å². The fourth-order valence-corrected chi connectivity index (χ4v) is 5.18. The van der Waals surface area contributed by atoms with Crippen LogP contribution in [0.3, 0.4) is 0 Å². The van der Waals surface area contributed by atoms with Crippen LogP contribution in [-0.2, 0) is 31.6 Å². The molecule has 9 nitrogen and oxygen atoms in total. The molecule has 1 unspecified atom stereocenters. The lowest BCUT2D eigenvalue weighted by Gasteiger charge is -2.19. The number of aryl methyl sites for hydroxylation is 1. The van der Waals surface area contributed by atoms with Gasteiger partial charge in [0.25, 0.3) is 0 Å². The van der Waals surface area contributed by atoms with E-state index >= 15 is 0 Å². The molecule has 0 fully saturated rings. The molecule has 0 spiro atoms. The fraction of sp³-hybridized carbons (Fsp3) is 0.414. The van der Waals surface area contributed by atoms with Crippen LogP contribution in [0.15, 0.2) is 48.7 Å². The van der Waals surface area contributed by atoms with Crippen molar-refractivity contribution in [1.29, 1.82) is 0 Å². The number of carbonyl (C=O) groups is 2. The maximum absolute atomic E-state index is 13.2. The Labute approximate surface area is 240 Å². The van der Waals surface area contributed by atoms with Crippen molar-refractivity contribution in [3.63, 3.8) is 0 Å². The highest BCUT2D eigenvalue weighted by Crippen LogP contribution is 2.47. The van der Waals surface area contributed by atoms with Gasteiger partial charge in [0.1, 0.15) is 5.75 Å². The van der Waals surface area contributed by atoms with E-state index in [1.165, 1.54) is 21.1 Å². The molecule has 11 heteroatoms. The van der Waals surface area contributed by atoms with Crippen molar-refractivity contribution < 1.29 is 32.5 Å². The van der Waals surface area contributed by atoms with Crippen molar-refractivity contribution in [3.8, 4) is 17.0 Å². The number of phosphoric ester groups is 1. The average molecular weight is 591 g/mol. The molecule has 0 radical (unpaired) electrons. The van der Waals surface area contributed by atoms with Gasteiger partial charge in [0.15, 0.2) is 17.4 Å². The largest absolute Gasteiger partial charge is 0.489 e. The molecular formula is C29H36ClN2O7P. The van der Waals surface area contributed by atoms with Crippen LogP contribution in [0, 0.1) is 5.92 Å². The quantitative estimate of drug-likeness (QED) is 0.138. The molecule has 40 heavy (non-hydrogen) atoms. The number of phosphoric acid groups is 1. The summed E-state index contributed by atoms with van der Waals surface area (Å²) in [6.45, 7) is 5.37. The molecule has 0 amide bonds. The number of ketones is 2. The van der Waals surface area contributed by atoms with Gasteiger partial charge in [0.05, 0.1) is 23.4 Å². The van der Waals surface area contributed by atoms with Crippen molar-refractivity contribution in [2.75, 3.05) is 20.8 Å². The molecule has 3 rings (SSSR count). The lowest BCUT2D eigenvalue weighted by molar-refractivity contribution is 0.0947. The van der Waals surface area contributed by atoms with Gasteiger partial charge in [-0.05, 0) is 56.4 Å². The normalized spacial score (nSPS) is 12.5. The highest BCUT2D eigenvalue weighted by Gasteiger charge is 2.24. The van der Waals surface area contributed by atoms with Gasteiger partial charge in [-0.15, -0.1) is 0 Å².